The van der Waals surface area contributed by atoms with Crippen molar-refractivity contribution in [1.29, 1.82) is 0 Å². The summed E-state index contributed by atoms with van der Waals surface area (Å²) in [7, 11) is 1.28. The predicted molar refractivity (Wildman–Crippen MR) is 68.5 cm³/mol. The van der Waals surface area contributed by atoms with Crippen LogP contribution in [0.3, 0.4) is 0 Å². The Morgan fingerprint density at radius 2 is 2.22 bits per heavy atom. The van der Waals surface area contributed by atoms with E-state index in [4.69, 9.17) is 11.6 Å². The number of halogens is 1. The predicted octanol–water partition coefficient (Wildman–Crippen LogP) is 2.29. The molecule has 2 heterocycles. The number of carbonyl (C=O) groups excluding carboxylic acids is 2. The minimum atomic E-state index is -0.504. The fourth-order valence-electron chi connectivity index (χ4n) is 1.13. The van der Waals surface area contributed by atoms with Gasteiger partial charge in [-0.1, -0.05) is 11.3 Å². The molecule has 0 bridgehead atoms. The zero-order valence-electron chi connectivity index (χ0n) is 8.97. The van der Waals surface area contributed by atoms with Crippen LogP contribution < -0.4 is 5.32 Å². The number of anilines is 1. The van der Waals surface area contributed by atoms with E-state index in [2.05, 4.69) is 20.3 Å². The van der Waals surface area contributed by atoms with E-state index in [-0.39, 0.29) is 9.47 Å². The Labute approximate surface area is 115 Å². The molecule has 2 aromatic heterocycles. The number of nitrogens with one attached hydrogen (secondary N) is 1. The van der Waals surface area contributed by atoms with Crippen LogP contribution in [0.25, 0.3) is 0 Å². The molecular weight excluding hydrogens is 298 g/mol. The van der Waals surface area contributed by atoms with Gasteiger partial charge in [0.25, 0.3) is 5.91 Å². The molecular formula is C9H6ClN3O3S2. The molecule has 18 heavy (non-hydrogen) atoms. The molecule has 94 valence electrons. The van der Waals surface area contributed by atoms with E-state index in [1.54, 1.807) is 11.4 Å². The van der Waals surface area contributed by atoms with Gasteiger partial charge in [0.05, 0.1) is 12.8 Å². The van der Waals surface area contributed by atoms with Crippen LogP contribution in [0.2, 0.25) is 4.47 Å². The third kappa shape index (κ3) is 2.66. The Morgan fingerprint density at radius 3 is 2.83 bits per heavy atom. The number of nitrogens with zero attached hydrogens (tertiary/aromatic N) is 2. The highest BCUT2D eigenvalue weighted by molar-refractivity contribution is 7.17. The van der Waals surface area contributed by atoms with Gasteiger partial charge in [0.1, 0.15) is 4.88 Å². The lowest BCUT2D eigenvalue weighted by Crippen LogP contribution is -2.13. The Bertz CT molecular complexity index is 595. The van der Waals surface area contributed by atoms with Gasteiger partial charge in [0.2, 0.25) is 9.47 Å². The first-order valence-corrected chi connectivity index (χ1v) is 6.65. The van der Waals surface area contributed by atoms with Crippen molar-refractivity contribution in [3.63, 3.8) is 0 Å². The monoisotopic (exact) mass is 303 g/mol. The van der Waals surface area contributed by atoms with Crippen molar-refractivity contribution < 1.29 is 14.3 Å². The van der Waals surface area contributed by atoms with E-state index < -0.39 is 11.9 Å². The summed E-state index contributed by atoms with van der Waals surface area (Å²) in [4.78, 5) is 23.5. The van der Waals surface area contributed by atoms with E-state index >= 15 is 0 Å². The first-order chi connectivity index (χ1) is 8.61. The van der Waals surface area contributed by atoms with Crippen molar-refractivity contribution in [3.8, 4) is 0 Å². The fraction of sp³-hybridized carbons (Fsp3) is 0.111. The number of amides is 1. The molecule has 0 fully saturated rings. The summed E-state index contributed by atoms with van der Waals surface area (Å²) in [5.74, 6) is -0.974. The zero-order valence-corrected chi connectivity index (χ0v) is 11.4. The minimum absolute atomic E-state index is 0.127. The van der Waals surface area contributed by atoms with Gasteiger partial charge in [-0.3, -0.25) is 4.79 Å². The lowest BCUT2D eigenvalue weighted by atomic mass is 10.4. The van der Waals surface area contributed by atoms with E-state index in [1.807, 2.05) is 0 Å². The second-order valence-electron chi connectivity index (χ2n) is 2.97. The average Bonchev–Trinajstić information content (AvgIpc) is 2.97. The SMILES string of the molecule is COC(=O)c1sccc1NC(=O)c1nnc(Cl)s1. The van der Waals surface area contributed by atoms with Crippen LogP contribution in [-0.2, 0) is 4.74 Å². The number of rotatable bonds is 3. The van der Waals surface area contributed by atoms with Gasteiger partial charge in [-0.15, -0.1) is 21.5 Å². The largest absolute Gasteiger partial charge is 0.465 e. The summed E-state index contributed by atoms with van der Waals surface area (Å²) in [6.07, 6.45) is 0. The van der Waals surface area contributed by atoms with E-state index in [9.17, 15) is 9.59 Å². The van der Waals surface area contributed by atoms with Gasteiger partial charge in [-0.2, -0.15) is 0 Å². The lowest BCUT2D eigenvalue weighted by Gasteiger charge is -2.02. The molecule has 0 unspecified atom stereocenters. The highest BCUT2D eigenvalue weighted by atomic mass is 35.5. The summed E-state index contributed by atoms with van der Waals surface area (Å²) >= 11 is 7.72. The molecule has 0 aromatic carbocycles. The second-order valence-corrected chi connectivity index (χ2v) is 5.45. The van der Waals surface area contributed by atoms with E-state index in [0.29, 0.717) is 10.6 Å². The fourth-order valence-corrected chi connectivity index (χ4v) is 2.62. The van der Waals surface area contributed by atoms with Crippen LogP contribution in [0.15, 0.2) is 11.4 Å². The van der Waals surface area contributed by atoms with Crippen LogP contribution in [-0.4, -0.2) is 29.2 Å². The minimum Gasteiger partial charge on any atom is -0.465 e. The molecule has 0 aliphatic rings. The van der Waals surface area contributed by atoms with Gasteiger partial charge in [-0.25, -0.2) is 4.79 Å². The number of ether oxygens (including phenoxy) is 1. The van der Waals surface area contributed by atoms with Crippen molar-refractivity contribution in [2.24, 2.45) is 0 Å². The van der Waals surface area contributed by atoms with Crippen molar-refractivity contribution in [1.82, 2.24) is 10.2 Å². The average molecular weight is 304 g/mol. The zero-order chi connectivity index (χ0) is 13.1. The smallest absolute Gasteiger partial charge is 0.350 e. The summed E-state index contributed by atoms with van der Waals surface area (Å²) in [6.45, 7) is 0. The Morgan fingerprint density at radius 1 is 1.44 bits per heavy atom. The highest BCUT2D eigenvalue weighted by Gasteiger charge is 2.18. The first-order valence-electron chi connectivity index (χ1n) is 4.58. The van der Waals surface area contributed by atoms with Crippen molar-refractivity contribution in [3.05, 3.63) is 25.8 Å². The maximum atomic E-state index is 11.8. The van der Waals surface area contributed by atoms with Gasteiger partial charge in [0.15, 0.2) is 0 Å². The molecule has 1 amide bonds. The summed E-state index contributed by atoms with van der Waals surface area (Å²) in [5, 5.41) is 11.5. The molecule has 6 nitrogen and oxygen atoms in total. The van der Waals surface area contributed by atoms with E-state index in [0.717, 1.165) is 11.3 Å². The van der Waals surface area contributed by atoms with Crippen molar-refractivity contribution in [2.45, 2.75) is 0 Å². The van der Waals surface area contributed by atoms with Gasteiger partial charge >= 0.3 is 5.97 Å². The molecule has 1 N–H and O–H groups in total. The van der Waals surface area contributed by atoms with Gasteiger partial charge in [0, 0.05) is 0 Å². The molecule has 0 radical (unpaired) electrons. The molecule has 2 rings (SSSR count). The third-order valence-electron chi connectivity index (χ3n) is 1.88. The molecule has 9 heteroatoms. The summed E-state index contributed by atoms with van der Waals surface area (Å²) in [6, 6.07) is 1.61. The topological polar surface area (TPSA) is 81.2 Å². The third-order valence-corrected chi connectivity index (χ3v) is 3.79. The normalized spacial score (nSPS) is 10.1. The Balaban J connectivity index is 2.17. The molecule has 0 atom stereocenters. The Hall–Kier alpha value is -1.51. The van der Waals surface area contributed by atoms with Crippen molar-refractivity contribution in [2.75, 3.05) is 12.4 Å². The molecule has 0 aliphatic heterocycles. The first kappa shape index (κ1) is 12.9. The molecule has 2 aromatic rings. The van der Waals surface area contributed by atoms with Crippen molar-refractivity contribution >= 4 is 51.8 Å². The van der Waals surface area contributed by atoms with Crippen LogP contribution in [0.4, 0.5) is 5.69 Å². The number of hydrogen-bond acceptors (Lipinski definition) is 7. The Kier molecular flexibility index (Phi) is 3.90. The molecule has 0 saturated carbocycles. The standard InChI is InChI=1S/C9H6ClN3O3S2/c1-16-8(15)5-4(2-3-17-5)11-6(14)7-12-13-9(10)18-7/h2-3H,1H3,(H,11,14). The summed E-state index contributed by atoms with van der Waals surface area (Å²) < 4.78 is 4.78. The van der Waals surface area contributed by atoms with Gasteiger partial charge in [-0.05, 0) is 23.0 Å². The summed E-state index contributed by atoms with van der Waals surface area (Å²) in [5.41, 5.74) is 0.378. The van der Waals surface area contributed by atoms with Gasteiger partial charge < -0.3 is 10.1 Å². The van der Waals surface area contributed by atoms with E-state index in [1.165, 1.54) is 18.4 Å². The van der Waals surface area contributed by atoms with Crippen LogP contribution in [0, 0.1) is 0 Å². The number of thiophene rings is 1. The second kappa shape index (κ2) is 5.42. The quantitative estimate of drug-likeness (QED) is 0.880. The maximum absolute atomic E-state index is 11.8. The lowest BCUT2D eigenvalue weighted by molar-refractivity contribution is 0.0607. The number of aromatic nitrogens is 2. The maximum Gasteiger partial charge on any atom is 0.350 e. The van der Waals surface area contributed by atoms with Crippen LogP contribution in [0.1, 0.15) is 19.5 Å². The molecule has 0 spiro atoms. The highest BCUT2D eigenvalue weighted by Crippen LogP contribution is 2.24. The molecule has 0 saturated heterocycles. The van der Waals surface area contributed by atoms with Crippen LogP contribution in [0.5, 0.6) is 0 Å². The van der Waals surface area contributed by atoms with Crippen LogP contribution >= 0.6 is 34.3 Å². The number of carbonyl (C=O) groups is 2. The molecule has 0 aliphatic carbocycles. The number of hydrogen-bond donors (Lipinski definition) is 1. The number of esters is 1. The number of methoxy groups -OCH3 is 1.